The Morgan fingerprint density at radius 1 is 0.253 bits per heavy atom. The molecule has 0 aliphatic heterocycles. The van der Waals surface area contributed by atoms with Gasteiger partial charge in [-0.2, -0.15) is 0 Å². The average molecular weight is 952 g/mol. The summed E-state index contributed by atoms with van der Waals surface area (Å²) in [5.74, 6) is 0. The molecule has 4 aliphatic carbocycles. The van der Waals surface area contributed by atoms with Crippen molar-refractivity contribution in [2.75, 3.05) is 4.90 Å². The van der Waals surface area contributed by atoms with E-state index in [9.17, 15) is 0 Å². The first-order chi connectivity index (χ1) is 37.2. The standard InChI is InChI=1S/C74H49N/c1-2-20-49-46(19-1)41-62(54-25-7-3-21-50(49)54)65-44-64-60-30-12-16-34-69(60)74(67-32-14-10-28-58(67)59-29-11-15-33-68(59)74)71(64)45-72(65)75(48-36-38-61-57-27-9-13-31-66(57)73(70(61)43-48)39-17-18-40-73)47-35-37-56-53-24-5-4-22-51(53)52-23-6-8-26-55(52)63(56)42-47/h1-16,19-38,41-45H,17-18,39-40H2. The van der Waals surface area contributed by atoms with Crippen molar-refractivity contribution in [2.24, 2.45) is 0 Å². The number of hydrogen-bond donors (Lipinski definition) is 0. The Kier molecular flexibility index (Phi) is 8.43. The Balaban J connectivity index is 1.04. The van der Waals surface area contributed by atoms with Crippen LogP contribution in [0.1, 0.15) is 59.1 Å². The highest BCUT2D eigenvalue weighted by Crippen LogP contribution is 2.65. The molecule has 350 valence electrons. The molecule has 0 bridgehead atoms. The molecule has 0 aromatic heterocycles. The van der Waals surface area contributed by atoms with E-state index in [1.54, 1.807) is 0 Å². The molecule has 0 radical (unpaired) electrons. The average Bonchev–Trinajstić information content (AvgIpc) is 4.40. The topological polar surface area (TPSA) is 3.24 Å². The van der Waals surface area contributed by atoms with E-state index < -0.39 is 5.41 Å². The first-order valence-electron chi connectivity index (χ1n) is 27.0. The van der Waals surface area contributed by atoms with Crippen LogP contribution in [0.5, 0.6) is 0 Å². The second-order valence-electron chi connectivity index (χ2n) is 21.7. The number of benzene rings is 13. The fourth-order valence-corrected chi connectivity index (χ4v) is 15.4. The smallest absolute Gasteiger partial charge is 0.0726 e. The lowest BCUT2D eigenvalue weighted by Gasteiger charge is -2.34. The first-order valence-corrected chi connectivity index (χ1v) is 27.0. The van der Waals surface area contributed by atoms with Gasteiger partial charge in [0, 0.05) is 22.4 Å². The zero-order valence-corrected chi connectivity index (χ0v) is 41.4. The van der Waals surface area contributed by atoms with Crippen molar-refractivity contribution in [3.8, 4) is 44.5 Å². The summed E-state index contributed by atoms with van der Waals surface area (Å²) < 4.78 is 0. The molecule has 0 heterocycles. The quantitative estimate of drug-likeness (QED) is 0.159. The van der Waals surface area contributed by atoms with Crippen LogP contribution in [-0.2, 0) is 10.8 Å². The molecule has 17 rings (SSSR count). The second kappa shape index (κ2) is 15.3. The van der Waals surface area contributed by atoms with Crippen LogP contribution in [0.2, 0.25) is 0 Å². The number of fused-ring (bicyclic) bond motifs is 24. The molecule has 4 aliphatic rings. The van der Waals surface area contributed by atoms with Crippen molar-refractivity contribution >= 4 is 70.9 Å². The highest BCUT2D eigenvalue weighted by Gasteiger charge is 2.52. The summed E-state index contributed by atoms with van der Waals surface area (Å²) >= 11 is 0. The maximum atomic E-state index is 2.67. The fraction of sp³-hybridized carbons (Fsp3) is 0.0811. The van der Waals surface area contributed by atoms with E-state index in [-0.39, 0.29) is 5.41 Å². The molecular formula is C74H49N. The van der Waals surface area contributed by atoms with Crippen LogP contribution in [0, 0.1) is 0 Å². The van der Waals surface area contributed by atoms with Crippen LogP contribution in [0.25, 0.3) is 98.4 Å². The van der Waals surface area contributed by atoms with Crippen LogP contribution in [0.3, 0.4) is 0 Å². The molecule has 75 heavy (non-hydrogen) atoms. The summed E-state index contributed by atoms with van der Waals surface area (Å²) in [7, 11) is 0. The van der Waals surface area contributed by atoms with E-state index >= 15 is 0 Å². The SMILES string of the molecule is c1ccc2c(c1)-c1ccc(N(c3ccc4c5ccccc5c5ccccc5c4c3)c3cc4c(cc3-c3cc5ccccc5c5ccccc35)-c3ccccc3C43c4ccccc4-c4ccccc43)cc1C21CCCC1. The van der Waals surface area contributed by atoms with E-state index in [0.29, 0.717) is 0 Å². The highest BCUT2D eigenvalue weighted by atomic mass is 15.1. The molecule has 13 aromatic carbocycles. The molecule has 0 atom stereocenters. The summed E-state index contributed by atoms with van der Waals surface area (Å²) in [5, 5.41) is 12.7. The minimum absolute atomic E-state index is 0.00953. The Morgan fingerprint density at radius 2 is 0.693 bits per heavy atom. The molecule has 0 amide bonds. The van der Waals surface area contributed by atoms with Gasteiger partial charge in [0.2, 0.25) is 0 Å². The van der Waals surface area contributed by atoms with Crippen molar-refractivity contribution in [1.82, 2.24) is 0 Å². The van der Waals surface area contributed by atoms with Crippen molar-refractivity contribution in [2.45, 2.75) is 36.5 Å². The van der Waals surface area contributed by atoms with Crippen molar-refractivity contribution in [1.29, 1.82) is 0 Å². The monoisotopic (exact) mass is 951 g/mol. The third-order valence-electron chi connectivity index (χ3n) is 18.4. The maximum Gasteiger partial charge on any atom is 0.0726 e. The number of anilines is 3. The Hall–Kier alpha value is -9.04. The van der Waals surface area contributed by atoms with Crippen LogP contribution in [-0.4, -0.2) is 0 Å². The van der Waals surface area contributed by atoms with E-state index in [1.165, 1.54) is 169 Å². The maximum absolute atomic E-state index is 2.67. The number of rotatable bonds is 4. The van der Waals surface area contributed by atoms with Gasteiger partial charge in [-0.1, -0.05) is 219 Å². The van der Waals surface area contributed by atoms with Crippen LogP contribution >= 0.6 is 0 Å². The Labute approximate surface area is 436 Å². The third kappa shape index (κ3) is 5.42. The van der Waals surface area contributed by atoms with E-state index in [1.807, 2.05) is 0 Å². The van der Waals surface area contributed by atoms with Gasteiger partial charge < -0.3 is 4.90 Å². The van der Waals surface area contributed by atoms with Gasteiger partial charge in [-0.15, -0.1) is 0 Å². The molecule has 1 saturated carbocycles. The predicted molar refractivity (Wildman–Crippen MR) is 315 cm³/mol. The third-order valence-corrected chi connectivity index (χ3v) is 18.4. The second-order valence-corrected chi connectivity index (χ2v) is 21.7. The van der Waals surface area contributed by atoms with Gasteiger partial charge in [0.15, 0.2) is 0 Å². The zero-order valence-electron chi connectivity index (χ0n) is 41.4. The fourth-order valence-electron chi connectivity index (χ4n) is 15.4. The molecule has 0 saturated heterocycles. The normalized spacial score (nSPS) is 14.9. The van der Waals surface area contributed by atoms with Gasteiger partial charge >= 0.3 is 0 Å². The molecule has 1 nitrogen and oxygen atoms in total. The number of nitrogens with zero attached hydrogens (tertiary/aromatic N) is 1. The Bertz CT molecular complexity index is 4540. The van der Waals surface area contributed by atoms with Crippen LogP contribution in [0.15, 0.2) is 249 Å². The van der Waals surface area contributed by atoms with Gasteiger partial charge in [-0.3, -0.25) is 0 Å². The predicted octanol–water partition coefficient (Wildman–Crippen LogP) is 19.8. The molecule has 0 unspecified atom stereocenters. The summed E-state index contributed by atoms with van der Waals surface area (Å²) in [6.07, 6.45) is 4.82. The molecule has 2 spiro atoms. The van der Waals surface area contributed by atoms with Crippen molar-refractivity contribution < 1.29 is 0 Å². The van der Waals surface area contributed by atoms with E-state index in [4.69, 9.17) is 0 Å². The molecule has 1 fully saturated rings. The molecular weight excluding hydrogens is 903 g/mol. The lowest BCUT2D eigenvalue weighted by Crippen LogP contribution is -2.26. The lowest BCUT2D eigenvalue weighted by atomic mass is 9.70. The first kappa shape index (κ1) is 41.4. The minimum Gasteiger partial charge on any atom is -0.310 e. The number of hydrogen-bond acceptors (Lipinski definition) is 1. The molecule has 0 N–H and O–H groups in total. The summed E-state index contributed by atoms with van der Waals surface area (Å²) in [6, 6.07) is 95.6. The van der Waals surface area contributed by atoms with Crippen LogP contribution < -0.4 is 4.90 Å². The largest absolute Gasteiger partial charge is 0.310 e. The molecule has 13 aromatic rings. The van der Waals surface area contributed by atoms with Gasteiger partial charge in [-0.05, 0) is 181 Å². The summed E-state index contributed by atoms with van der Waals surface area (Å²) in [5.41, 5.74) is 21.7. The van der Waals surface area contributed by atoms with Crippen molar-refractivity contribution in [3.05, 3.63) is 282 Å². The van der Waals surface area contributed by atoms with E-state index in [2.05, 4.69) is 254 Å². The van der Waals surface area contributed by atoms with E-state index in [0.717, 1.165) is 5.69 Å². The van der Waals surface area contributed by atoms with Gasteiger partial charge in [0.25, 0.3) is 0 Å². The van der Waals surface area contributed by atoms with Gasteiger partial charge in [-0.25, -0.2) is 0 Å². The lowest BCUT2D eigenvalue weighted by molar-refractivity contribution is 0.550. The summed E-state index contributed by atoms with van der Waals surface area (Å²) in [6.45, 7) is 0. The minimum atomic E-state index is -0.532. The van der Waals surface area contributed by atoms with Crippen molar-refractivity contribution in [3.63, 3.8) is 0 Å². The highest BCUT2D eigenvalue weighted by molar-refractivity contribution is 6.26. The van der Waals surface area contributed by atoms with Gasteiger partial charge in [0.1, 0.15) is 0 Å². The molecule has 1 heteroatoms. The summed E-state index contributed by atoms with van der Waals surface area (Å²) in [4.78, 5) is 2.67. The Morgan fingerprint density at radius 3 is 1.32 bits per heavy atom. The van der Waals surface area contributed by atoms with Gasteiger partial charge in [0.05, 0.1) is 11.1 Å². The zero-order chi connectivity index (χ0) is 49.0. The van der Waals surface area contributed by atoms with Crippen LogP contribution in [0.4, 0.5) is 17.1 Å².